The molecule has 2 heterocycles. The molecule has 2 N–H and O–H groups in total. The number of aromatic nitrogens is 1. The molecule has 0 spiro atoms. The van der Waals surface area contributed by atoms with Crippen LogP contribution in [-0.4, -0.2) is 22.8 Å². The highest BCUT2D eigenvalue weighted by Crippen LogP contribution is 2.33. The molecule has 5 rings (SSSR count). The Labute approximate surface area is 222 Å². The molecular formula is C32H32N2O4. The van der Waals surface area contributed by atoms with Gasteiger partial charge in [0.2, 0.25) is 5.91 Å². The van der Waals surface area contributed by atoms with E-state index < -0.39 is 0 Å². The normalized spacial score (nSPS) is 13.0. The minimum Gasteiger partial charge on any atom is -0.460 e. The van der Waals surface area contributed by atoms with Crippen molar-refractivity contribution in [2.24, 2.45) is 0 Å². The van der Waals surface area contributed by atoms with Crippen LogP contribution < -0.4 is 5.32 Å². The van der Waals surface area contributed by atoms with Gasteiger partial charge in [-0.3, -0.25) is 4.79 Å². The minimum absolute atomic E-state index is 0.0640. The number of fused-ring (bicyclic) bond motifs is 1. The van der Waals surface area contributed by atoms with E-state index in [9.17, 15) is 9.90 Å². The molecule has 0 aliphatic carbocycles. The molecule has 0 radical (unpaired) electrons. The zero-order valence-corrected chi connectivity index (χ0v) is 22.1. The van der Waals surface area contributed by atoms with E-state index in [4.69, 9.17) is 8.94 Å². The number of benzene rings is 3. The van der Waals surface area contributed by atoms with Gasteiger partial charge < -0.3 is 19.4 Å². The number of aliphatic hydroxyl groups excluding tert-OH is 1. The lowest BCUT2D eigenvalue weighted by molar-refractivity contribution is -0.120. The zero-order valence-electron chi connectivity index (χ0n) is 22.1. The largest absolute Gasteiger partial charge is 0.460 e. The monoisotopic (exact) mass is 508 g/mol. The minimum atomic E-state index is -0.371. The van der Waals surface area contributed by atoms with Crippen LogP contribution >= 0.6 is 0 Å². The first-order chi connectivity index (χ1) is 18.3. The van der Waals surface area contributed by atoms with E-state index in [0.717, 1.165) is 38.9 Å². The summed E-state index contributed by atoms with van der Waals surface area (Å²) in [6.45, 7) is 7.71. The zero-order chi connectivity index (χ0) is 26.8. The predicted molar refractivity (Wildman–Crippen MR) is 147 cm³/mol. The Morgan fingerprint density at radius 1 is 0.974 bits per heavy atom. The van der Waals surface area contributed by atoms with Gasteiger partial charge >= 0.3 is 0 Å². The maximum atomic E-state index is 13.3. The van der Waals surface area contributed by atoms with Crippen molar-refractivity contribution in [2.75, 3.05) is 6.61 Å². The molecule has 3 aromatic carbocycles. The summed E-state index contributed by atoms with van der Waals surface area (Å²) >= 11 is 0. The Morgan fingerprint density at radius 3 is 2.45 bits per heavy atom. The molecule has 6 nitrogen and oxygen atoms in total. The van der Waals surface area contributed by atoms with Crippen LogP contribution in [0.1, 0.15) is 62.6 Å². The average Bonchev–Trinajstić information content (AvgIpc) is 3.47. The van der Waals surface area contributed by atoms with Gasteiger partial charge in [-0.25, -0.2) is 0 Å². The fourth-order valence-electron chi connectivity index (χ4n) is 5.24. The summed E-state index contributed by atoms with van der Waals surface area (Å²) in [5, 5.41) is 18.3. The fourth-order valence-corrected chi connectivity index (χ4v) is 5.24. The van der Waals surface area contributed by atoms with E-state index in [1.807, 2.05) is 68.4 Å². The molecule has 2 aromatic heterocycles. The number of hydrogen-bond donors (Lipinski definition) is 2. The van der Waals surface area contributed by atoms with E-state index >= 15 is 0 Å². The van der Waals surface area contributed by atoms with Crippen molar-refractivity contribution in [3.63, 3.8) is 0 Å². The molecule has 38 heavy (non-hydrogen) atoms. The number of carbonyl (C=O) groups excluding carboxylic acids is 1. The number of carbonyl (C=O) groups is 1. The second-order valence-corrected chi connectivity index (χ2v) is 9.94. The predicted octanol–water partition coefficient (Wildman–Crippen LogP) is 6.23. The Morgan fingerprint density at radius 2 is 1.76 bits per heavy atom. The first-order valence-corrected chi connectivity index (χ1v) is 12.8. The van der Waals surface area contributed by atoms with Gasteiger partial charge in [0.25, 0.3) is 0 Å². The van der Waals surface area contributed by atoms with Crippen molar-refractivity contribution in [3.05, 3.63) is 123 Å². The summed E-state index contributed by atoms with van der Waals surface area (Å²) in [6.07, 6.45) is 0.234. The number of amides is 1. The lowest BCUT2D eigenvalue weighted by Crippen LogP contribution is -2.31. The number of hydrogen-bond acceptors (Lipinski definition) is 5. The Kier molecular flexibility index (Phi) is 7.16. The molecule has 0 saturated heterocycles. The summed E-state index contributed by atoms with van der Waals surface area (Å²) in [7, 11) is 0. The Balaban J connectivity index is 1.39. The maximum absolute atomic E-state index is 13.3. The van der Waals surface area contributed by atoms with Gasteiger partial charge in [-0.15, -0.1) is 0 Å². The third-order valence-electron chi connectivity index (χ3n) is 7.10. The van der Waals surface area contributed by atoms with E-state index in [0.29, 0.717) is 17.1 Å². The van der Waals surface area contributed by atoms with Crippen molar-refractivity contribution in [3.8, 4) is 0 Å². The van der Waals surface area contributed by atoms with E-state index in [1.165, 1.54) is 5.56 Å². The number of aliphatic hydroxyl groups is 1. The molecule has 0 bridgehead atoms. The highest BCUT2D eigenvalue weighted by atomic mass is 16.5. The van der Waals surface area contributed by atoms with Crippen LogP contribution in [0.4, 0.5) is 0 Å². The first kappa shape index (κ1) is 25.5. The van der Waals surface area contributed by atoms with Gasteiger partial charge in [0.1, 0.15) is 17.1 Å². The lowest BCUT2D eigenvalue weighted by Gasteiger charge is -2.22. The molecule has 6 heteroatoms. The molecule has 5 aromatic rings. The van der Waals surface area contributed by atoms with Crippen LogP contribution in [0.2, 0.25) is 0 Å². The number of aryl methyl sites for hydroxylation is 4. The number of nitrogens with zero attached hydrogens (tertiary/aromatic N) is 1. The second-order valence-electron chi connectivity index (χ2n) is 9.94. The van der Waals surface area contributed by atoms with E-state index in [-0.39, 0.29) is 30.9 Å². The van der Waals surface area contributed by atoms with Crippen LogP contribution in [0, 0.1) is 27.7 Å². The van der Waals surface area contributed by atoms with Crippen molar-refractivity contribution < 1.29 is 18.8 Å². The van der Waals surface area contributed by atoms with Gasteiger partial charge in [-0.2, -0.15) is 0 Å². The smallest absolute Gasteiger partial charge is 0.225 e. The summed E-state index contributed by atoms with van der Waals surface area (Å²) in [5.41, 5.74) is 7.61. The van der Waals surface area contributed by atoms with Crippen molar-refractivity contribution in [2.45, 2.75) is 46.1 Å². The van der Waals surface area contributed by atoms with Crippen molar-refractivity contribution in [1.29, 1.82) is 0 Å². The topological polar surface area (TPSA) is 88.5 Å². The van der Waals surface area contributed by atoms with Crippen molar-refractivity contribution >= 4 is 16.9 Å². The third kappa shape index (κ3) is 5.13. The number of nitrogens with one attached hydrogen (secondary N) is 1. The highest BCUT2D eigenvalue weighted by molar-refractivity contribution is 5.83. The summed E-state index contributed by atoms with van der Waals surface area (Å²) in [4.78, 5) is 13.3. The van der Waals surface area contributed by atoms with Gasteiger partial charge in [-0.05, 0) is 68.1 Å². The molecular weight excluding hydrogens is 476 g/mol. The van der Waals surface area contributed by atoms with Gasteiger partial charge in [0, 0.05) is 10.9 Å². The highest BCUT2D eigenvalue weighted by Gasteiger charge is 2.25. The van der Waals surface area contributed by atoms with E-state index in [2.05, 4.69) is 42.5 Å². The van der Waals surface area contributed by atoms with Crippen LogP contribution in [0.15, 0.2) is 81.7 Å². The quantitative estimate of drug-likeness (QED) is 0.260. The molecule has 0 aliphatic heterocycles. The Bertz CT molecular complexity index is 1560. The summed E-state index contributed by atoms with van der Waals surface area (Å²) in [5.74, 6) is 0.865. The summed E-state index contributed by atoms with van der Waals surface area (Å²) < 4.78 is 11.4. The summed E-state index contributed by atoms with van der Waals surface area (Å²) in [6, 6.07) is 23.8. The molecule has 0 aliphatic rings. The van der Waals surface area contributed by atoms with Crippen LogP contribution in [0.3, 0.4) is 0 Å². The van der Waals surface area contributed by atoms with E-state index in [1.54, 1.807) is 0 Å². The second kappa shape index (κ2) is 10.7. The van der Waals surface area contributed by atoms with Gasteiger partial charge in [0.05, 0.1) is 30.7 Å². The van der Waals surface area contributed by atoms with Crippen LogP contribution in [-0.2, 0) is 11.2 Å². The third-order valence-corrected chi connectivity index (χ3v) is 7.10. The fraction of sp³-hybridized carbons (Fsp3) is 0.250. The lowest BCUT2D eigenvalue weighted by atomic mass is 9.93. The molecule has 0 fully saturated rings. The first-order valence-electron chi connectivity index (χ1n) is 12.8. The molecule has 0 saturated carbocycles. The van der Waals surface area contributed by atoms with Crippen LogP contribution in [0.25, 0.3) is 11.0 Å². The standard InChI is InChI=1S/C32H32N2O4/c1-19-10-12-26(20(2)14-19)32(24-8-6-5-7-9-24)33-30(36)16-23-11-13-28-25(15-23)17-29(37-28)27(18-35)31-21(3)34-38-22(31)4/h5-15,17,27,32,35H,16,18H2,1-4H3,(H,33,36). The van der Waals surface area contributed by atoms with Gasteiger partial charge in [-0.1, -0.05) is 65.3 Å². The Hall–Kier alpha value is -4.16. The molecule has 2 atom stereocenters. The van der Waals surface area contributed by atoms with Gasteiger partial charge in [0.15, 0.2) is 0 Å². The van der Waals surface area contributed by atoms with Crippen LogP contribution in [0.5, 0.6) is 0 Å². The SMILES string of the molecule is Cc1ccc(C(NC(=O)Cc2ccc3oc(C(CO)c4c(C)noc4C)cc3c2)c2ccccc2)c(C)c1. The van der Waals surface area contributed by atoms with Crippen molar-refractivity contribution in [1.82, 2.24) is 10.5 Å². The average molecular weight is 509 g/mol. The molecule has 2 unspecified atom stereocenters. The number of furan rings is 1. The molecule has 194 valence electrons. The number of rotatable bonds is 8. The molecule has 1 amide bonds. The maximum Gasteiger partial charge on any atom is 0.225 e.